The standard InChI is InChI=1S/C25H26O10/c1-11(26)35-21-14-9-32-25(27)19(14)18(12-6-15(28-2)22(30-4)16(7-12)29-3)13-8-17-23(34-10-33-17)24(31-5)20(13)21/h6-8,14,18-19,21H,9-10H2,1-5H3. The number of cyclic esters (lactones) is 1. The molecule has 0 amide bonds. The summed E-state index contributed by atoms with van der Waals surface area (Å²) in [5.74, 6) is 0.171. The van der Waals surface area contributed by atoms with Gasteiger partial charge in [-0.2, -0.15) is 0 Å². The van der Waals surface area contributed by atoms with Crippen molar-refractivity contribution < 1.29 is 47.5 Å². The van der Waals surface area contributed by atoms with Crippen LogP contribution < -0.4 is 28.4 Å². The highest BCUT2D eigenvalue weighted by Crippen LogP contribution is 2.60. The van der Waals surface area contributed by atoms with Crippen molar-refractivity contribution >= 4 is 11.9 Å². The van der Waals surface area contributed by atoms with Crippen molar-refractivity contribution in [2.24, 2.45) is 11.8 Å². The van der Waals surface area contributed by atoms with Gasteiger partial charge in [0.25, 0.3) is 0 Å². The summed E-state index contributed by atoms with van der Waals surface area (Å²) in [7, 11) is 6.09. The fourth-order valence-electron chi connectivity index (χ4n) is 5.41. The molecule has 186 valence electrons. The van der Waals surface area contributed by atoms with Crippen LogP contribution in [0.4, 0.5) is 0 Å². The van der Waals surface area contributed by atoms with E-state index in [1.165, 1.54) is 35.4 Å². The van der Waals surface area contributed by atoms with Crippen LogP contribution in [0.3, 0.4) is 0 Å². The van der Waals surface area contributed by atoms with Gasteiger partial charge >= 0.3 is 11.9 Å². The third kappa shape index (κ3) is 3.46. The number of esters is 2. The van der Waals surface area contributed by atoms with Crippen molar-refractivity contribution in [3.63, 3.8) is 0 Å². The monoisotopic (exact) mass is 486 g/mol. The Morgan fingerprint density at radius 2 is 1.60 bits per heavy atom. The molecule has 5 rings (SSSR count). The molecule has 4 atom stereocenters. The molecule has 0 aromatic heterocycles. The lowest BCUT2D eigenvalue weighted by molar-refractivity contribution is -0.152. The molecular formula is C25H26O10. The molecule has 1 saturated heterocycles. The first kappa shape index (κ1) is 22.9. The Kier molecular flexibility index (Phi) is 5.74. The van der Waals surface area contributed by atoms with Gasteiger partial charge in [-0.1, -0.05) is 0 Å². The summed E-state index contributed by atoms with van der Waals surface area (Å²) >= 11 is 0. The number of rotatable bonds is 6. The fraction of sp³-hybridized carbons (Fsp3) is 0.440. The maximum absolute atomic E-state index is 13.1. The minimum Gasteiger partial charge on any atom is -0.493 e. The summed E-state index contributed by atoms with van der Waals surface area (Å²) in [6.07, 6.45) is -0.776. The van der Waals surface area contributed by atoms with Crippen molar-refractivity contribution in [1.82, 2.24) is 0 Å². The minimum absolute atomic E-state index is 0.0244. The molecule has 2 aliphatic heterocycles. The Morgan fingerprint density at radius 3 is 2.20 bits per heavy atom. The number of carbonyl (C=O) groups excluding carboxylic acids is 2. The molecule has 2 aromatic carbocycles. The second-order valence-corrected chi connectivity index (χ2v) is 8.43. The third-order valence-electron chi connectivity index (χ3n) is 6.75. The number of hydrogen-bond donors (Lipinski definition) is 0. The van der Waals surface area contributed by atoms with Gasteiger partial charge in [0.05, 0.1) is 41.0 Å². The van der Waals surface area contributed by atoms with Crippen LogP contribution in [0.5, 0.6) is 34.5 Å². The molecule has 1 aliphatic carbocycles. The van der Waals surface area contributed by atoms with E-state index in [0.29, 0.717) is 45.6 Å². The lowest BCUT2D eigenvalue weighted by Crippen LogP contribution is -2.36. The van der Waals surface area contributed by atoms with Gasteiger partial charge in [0.2, 0.25) is 18.3 Å². The molecular weight excluding hydrogens is 460 g/mol. The SMILES string of the molecule is COc1cc(C2c3cc4c(c(OC)c3C(OC(C)=O)C3COC(=O)C23)OCO4)cc(OC)c1OC. The van der Waals surface area contributed by atoms with E-state index in [0.717, 1.165) is 5.56 Å². The van der Waals surface area contributed by atoms with Gasteiger partial charge in [-0.3, -0.25) is 9.59 Å². The van der Waals surface area contributed by atoms with Crippen LogP contribution >= 0.6 is 0 Å². The van der Waals surface area contributed by atoms with Gasteiger partial charge in [0.15, 0.2) is 23.0 Å². The lowest BCUT2D eigenvalue weighted by atomic mass is 9.66. The van der Waals surface area contributed by atoms with Crippen molar-refractivity contribution in [3.8, 4) is 34.5 Å². The number of hydrogen-bond acceptors (Lipinski definition) is 10. The highest BCUT2D eigenvalue weighted by molar-refractivity contribution is 5.80. The highest BCUT2D eigenvalue weighted by atomic mass is 16.7. The van der Waals surface area contributed by atoms with Crippen LogP contribution in [0.25, 0.3) is 0 Å². The van der Waals surface area contributed by atoms with E-state index in [1.807, 2.05) is 18.2 Å². The largest absolute Gasteiger partial charge is 0.493 e. The molecule has 4 unspecified atom stereocenters. The molecule has 35 heavy (non-hydrogen) atoms. The zero-order valence-corrected chi connectivity index (χ0v) is 20.0. The Labute approximate surface area is 201 Å². The number of carbonyl (C=O) groups is 2. The first-order valence-electron chi connectivity index (χ1n) is 11.1. The predicted molar refractivity (Wildman–Crippen MR) is 120 cm³/mol. The van der Waals surface area contributed by atoms with Crippen molar-refractivity contribution in [2.45, 2.75) is 18.9 Å². The van der Waals surface area contributed by atoms with Crippen LogP contribution in [-0.2, 0) is 19.1 Å². The third-order valence-corrected chi connectivity index (χ3v) is 6.75. The average molecular weight is 486 g/mol. The first-order chi connectivity index (χ1) is 16.9. The van der Waals surface area contributed by atoms with Crippen LogP contribution in [0.1, 0.15) is 35.6 Å². The second kappa shape index (κ2) is 8.75. The average Bonchev–Trinajstić information content (AvgIpc) is 3.48. The van der Waals surface area contributed by atoms with Gasteiger partial charge in [-0.15, -0.1) is 0 Å². The molecule has 10 heteroatoms. The maximum Gasteiger partial charge on any atom is 0.310 e. The zero-order valence-electron chi connectivity index (χ0n) is 20.0. The Balaban J connectivity index is 1.81. The Hall–Kier alpha value is -3.82. The van der Waals surface area contributed by atoms with Crippen LogP contribution in [0.2, 0.25) is 0 Å². The van der Waals surface area contributed by atoms with E-state index in [1.54, 1.807) is 0 Å². The highest BCUT2D eigenvalue weighted by Gasteiger charge is 2.55. The summed E-state index contributed by atoms with van der Waals surface area (Å²) < 4.78 is 45.0. The first-order valence-corrected chi connectivity index (χ1v) is 11.1. The topological polar surface area (TPSA) is 108 Å². The van der Waals surface area contributed by atoms with E-state index < -0.39 is 29.8 Å². The normalized spacial score (nSPS) is 23.6. The second-order valence-electron chi connectivity index (χ2n) is 8.43. The van der Waals surface area contributed by atoms with Crippen LogP contribution in [0, 0.1) is 11.8 Å². The van der Waals surface area contributed by atoms with Gasteiger partial charge in [0.1, 0.15) is 6.10 Å². The van der Waals surface area contributed by atoms with Gasteiger partial charge < -0.3 is 37.9 Å². The Morgan fingerprint density at radius 1 is 0.914 bits per heavy atom. The zero-order chi connectivity index (χ0) is 24.9. The van der Waals surface area contributed by atoms with Gasteiger partial charge in [0, 0.05) is 24.3 Å². The Bertz CT molecular complexity index is 1160. The number of fused-ring (bicyclic) bond motifs is 3. The molecule has 0 radical (unpaired) electrons. The predicted octanol–water partition coefficient (Wildman–Crippen LogP) is 2.99. The number of methoxy groups -OCH3 is 4. The van der Waals surface area contributed by atoms with Crippen molar-refractivity contribution in [3.05, 3.63) is 34.9 Å². The van der Waals surface area contributed by atoms with E-state index in [9.17, 15) is 9.59 Å². The van der Waals surface area contributed by atoms with Crippen molar-refractivity contribution in [2.75, 3.05) is 41.8 Å². The van der Waals surface area contributed by atoms with Crippen LogP contribution in [-0.4, -0.2) is 53.8 Å². The van der Waals surface area contributed by atoms with E-state index in [4.69, 9.17) is 37.9 Å². The summed E-state index contributed by atoms with van der Waals surface area (Å²) in [6.45, 7) is 1.45. The van der Waals surface area contributed by atoms with Crippen molar-refractivity contribution in [1.29, 1.82) is 0 Å². The van der Waals surface area contributed by atoms with Gasteiger partial charge in [-0.25, -0.2) is 0 Å². The van der Waals surface area contributed by atoms with Gasteiger partial charge in [-0.05, 0) is 29.3 Å². The molecule has 1 fully saturated rings. The molecule has 10 nitrogen and oxygen atoms in total. The fourth-order valence-corrected chi connectivity index (χ4v) is 5.41. The van der Waals surface area contributed by atoms with Crippen LogP contribution in [0.15, 0.2) is 18.2 Å². The molecule has 0 saturated carbocycles. The molecule has 3 aliphatic rings. The molecule has 0 N–H and O–H groups in total. The molecule has 0 bridgehead atoms. The number of benzene rings is 2. The smallest absolute Gasteiger partial charge is 0.310 e. The minimum atomic E-state index is -0.776. The molecule has 0 spiro atoms. The summed E-state index contributed by atoms with van der Waals surface area (Å²) in [6, 6.07) is 5.43. The number of ether oxygens (including phenoxy) is 8. The lowest BCUT2D eigenvalue weighted by Gasteiger charge is -2.39. The summed E-state index contributed by atoms with van der Waals surface area (Å²) in [5.41, 5.74) is 2.05. The quantitative estimate of drug-likeness (QED) is 0.566. The van der Waals surface area contributed by atoms with E-state index in [-0.39, 0.29) is 19.4 Å². The summed E-state index contributed by atoms with van der Waals surface area (Å²) in [4.78, 5) is 25.2. The maximum atomic E-state index is 13.1. The van der Waals surface area contributed by atoms with E-state index >= 15 is 0 Å². The van der Waals surface area contributed by atoms with E-state index in [2.05, 4.69) is 0 Å². The molecule has 2 aromatic rings. The summed E-state index contributed by atoms with van der Waals surface area (Å²) in [5, 5.41) is 0. The molecule has 2 heterocycles.